The van der Waals surface area contributed by atoms with Crippen molar-refractivity contribution in [2.45, 2.75) is 20.4 Å². The Morgan fingerprint density at radius 2 is 2.24 bits per heavy atom. The summed E-state index contributed by atoms with van der Waals surface area (Å²) in [6.07, 6.45) is 3.48. The van der Waals surface area contributed by atoms with Gasteiger partial charge >= 0.3 is 0 Å². The Balaban J connectivity index is 2.15. The molecule has 17 heavy (non-hydrogen) atoms. The van der Waals surface area contributed by atoms with Gasteiger partial charge in [-0.15, -0.1) is 0 Å². The quantitative estimate of drug-likeness (QED) is 0.830. The second kappa shape index (κ2) is 4.40. The van der Waals surface area contributed by atoms with Gasteiger partial charge in [0.15, 0.2) is 0 Å². The lowest BCUT2D eigenvalue weighted by Gasteiger charge is -2.16. The van der Waals surface area contributed by atoms with E-state index in [0.717, 1.165) is 17.0 Å². The van der Waals surface area contributed by atoms with Crippen LogP contribution in [0.15, 0.2) is 12.4 Å². The number of H-pyrrole nitrogens is 2. The van der Waals surface area contributed by atoms with Crippen molar-refractivity contribution in [2.75, 3.05) is 7.05 Å². The SMILES string of the molecule is Cc1n[nH]c(C)c1C(=O)N(C)Cc1cn[nH]c1. The molecule has 0 aliphatic heterocycles. The fourth-order valence-corrected chi connectivity index (χ4v) is 1.77. The van der Waals surface area contributed by atoms with Gasteiger partial charge in [0.1, 0.15) is 0 Å². The second-order valence-corrected chi connectivity index (χ2v) is 4.08. The molecule has 0 aromatic carbocycles. The predicted molar refractivity (Wildman–Crippen MR) is 62.4 cm³/mol. The molecule has 0 saturated heterocycles. The Morgan fingerprint density at radius 3 is 2.76 bits per heavy atom. The van der Waals surface area contributed by atoms with Crippen LogP contribution in [0, 0.1) is 13.8 Å². The molecule has 0 aliphatic carbocycles. The van der Waals surface area contributed by atoms with E-state index in [4.69, 9.17) is 0 Å². The van der Waals surface area contributed by atoms with Gasteiger partial charge in [0, 0.05) is 31.0 Å². The lowest BCUT2D eigenvalue weighted by molar-refractivity contribution is 0.0784. The van der Waals surface area contributed by atoms with Gasteiger partial charge in [-0.25, -0.2) is 0 Å². The van der Waals surface area contributed by atoms with Crippen molar-refractivity contribution in [3.63, 3.8) is 0 Å². The average Bonchev–Trinajstić information content (AvgIpc) is 2.89. The molecule has 6 heteroatoms. The first-order valence-corrected chi connectivity index (χ1v) is 5.34. The van der Waals surface area contributed by atoms with Gasteiger partial charge in [0.25, 0.3) is 5.91 Å². The molecule has 2 rings (SSSR count). The van der Waals surface area contributed by atoms with Gasteiger partial charge in [-0.1, -0.05) is 0 Å². The lowest BCUT2D eigenvalue weighted by Crippen LogP contribution is -2.26. The molecule has 2 aromatic heterocycles. The molecule has 0 radical (unpaired) electrons. The van der Waals surface area contributed by atoms with Gasteiger partial charge in [-0.3, -0.25) is 15.0 Å². The molecule has 0 unspecified atom stereocenters. The first kappa shape index (κ1) is 11.4. The number of nitrogens with zero attached hydrogens (tertiary/aromatic N) is 3. The first-order chi connectivity index (χ1) is 8.09. The Bertz CT molecular complexity index is 494. The highest BCUT2D eigenvalue weighted by Gasteiger charge is 2.19. The number of hydrogen-bond acceptors (Lipinski definition) is 3. The highest BCUT2D eigenvalue weighted by Crippen LogP contribution is 2.13. The Labute approximate surface area is 99.0 Å². The Morgan fingerprint density at radius 1 is 1.47 bits per heavy atom. The largest absolute Gasteiger partial charge is 0.337 e. The van der Waals surface area contributed by atoms with Gasteiger partial charge < -0.3 is 4.90 Å². The van der Waals surface area contributed by atoms with Crippen LogP contribution in [0.4, 0.5) is 0 Å². The highest BCUT2D eigenvalue weighted by atomic mass is 16.2. The third-order valence-corrected chi connectivity index (χ3v) is 2.66. The monoisotopic (exact) mass is 233 g/mol. The summed E-state index contributed by atoms with van der Waals surface area (Å²) in [6.45, 7) is 4.20. The van der Waals surface area contributed by atoms with Crippen LogP contribution in [0.2, 0.25) is 0 Å². The fourth-order valence-electron chi connectivity index (χ4n) is 1.77. The number of hydrogen-bond donors (Lipinski definition) is 2. The topological polar surface area (TPSA) is 77.7 Å². The molecule has 1 amide bonds. The van der Waals surface area contributed by atoms with Crippen molar-refractivity contribution in [3.05, 3.63) is 34.9 Å². The molecule has 2 N–H and O–H groups in total. The number of rotatable bonds is 3. The lowest BCUT2D eigenvalue weighted by atomic mass is 10.1. The van der Waals surface area contributed by atoms with Gasteiger partial charge in [0.05, 0.1) is 17.5 Å². The van der Waals surface area contributed by atoms with E-state index >= 15 is 0 Å². The maximum atomic E-state index is 12.2. The summed E-state index contributed by atoms with van der Waals surface area (Å²) in [7, 11) is 1.77. The van der Waals surface area contributed by atoms with Crippen LogP contribution >= 0.6 is 0 Å². The predicted octanol–water partition coefficient (Wildman–Crippen LogP) is 1.02. The molecule has 0 saturated carbocycles. The van der Waals surface area contributed by atoms with Crippen molar-refractivity contribution in [1.29, 1.82) is 0 Å². The Hall–Kier alpha value is -2.11. The van der Waals surface area contributed by atoms with Crippen molar-refractivity contribution in [3.8, 4) is 0 Å². The van der Waals surface area contributed by atoms with Crippen molar-refractivity contribution in [2.24, 2.45) is 0 Å². The van der Waals surface area contributed by atoms with Gasteiger partial charge in [-0.05, 0) is 13.8 Å². The number of nitrogens with one attached hydrogen (secondary N) is 2. The molecule has 0 spiro atoms. The number of aromatic nitrogens is 4. The third-order valence-electron chi connectivity index (χ3n) is 2.66. The van der Waals surface area contributed by atoms with Crippen LogP contribution in [0.1, 0.15) is 27.3 Å². The van der Waals surface area contributed by atoms with Crippen LogP contribution in [-0.2, 0) is 6.54 Å². The van der Waals surface area contributed by atoms with Crippen LogP contribution in [-0.4, -0.2) is 38.2 Å². The van der Waals surface area contributed by atoms with E-state index in [-0.39, 0.29) is 5.91 Å². The molecule has 0 aliphatic rings. The normalized spacial score (nSPS) is 10.5. The van der Waals surface area contributed by atoms with Crippen molar-refractivity contribution < 1.29 is 4.79 Å². The van der Waals surface area contributed by atoms with E-state index in [1.165, 1.54) is 0 Å². The van der Waals surface area contributed by atoms with Gasteiger partial charge in [-0.2, -0.15) is 10.2 Å². The standard InChI is InChI=1S/C11H15N5O/c1-7-10(8(2)15-14-7)11(17)16(3)6-9-4-12-13-5-9/h4-5H,6H2,1-3H3,(H,12,13)(H,14,15). The fraction of sp³-hybridized carbons (Fsp3) is 0.364. The van der Waals surface area contributed by atoms with E-state index in [0.29, 0.717) is 12.1 Å². The number of carbonyl (C=O) groups is 1. The molecule has 0 fully saturated rings. The maximum Gasteiger partial charge on any atom is 0.257 e. The summed E-state index contributed by atoms with van der Waals surface area (Å²) in [4.78, 5) is 13.9. The van der Waals surface area contributed by atoms with E-state index in [9.17, 15) is 4.79 Å². The minimum Gasteiger partial charge on any atom is -0.337 e. The van der Waals surface area contributed by atoms with Crippen LogP contribution in [0.5, 0.6) is 0 Å². The molecular weight excluding hydrogens is 218 g/mol. The van der Waals surface area contributed by atoms with Crippen LogP contribution in [0.25, 0.3) is 0 Å². The Kier molecular flexibility index (Phi) is 2.95. The zero-order chi connectivity index (χ0) is 12.4. The smallest absolute Gasteiger partial charge is 0.257 e. The zero-order valence-corrected chi connectivity index (χ0v) is 10.1. The minimum absolute atomic E-state index is 0.0325. The summed E-state index contributed by atoms with van der Waals surface area (Å²) in [5, 5.41) is 13.4. The summed E-state index contributed by atoms with van der Waals surface area (Å²) in [6, 6.07) is 0. The number of aryl methyl sites for hydroxylation is 2. The highest BCUT2D eigenvalue weighted by molar-refractivity contribution is 5.96. The summed E-state index contributed by atoms with van der Waals surface area (Å²) in [5.74, 6) is -0.0325. The molecular formula is C11H15N5O. The molecule has 0 bridgehead atoms. The maximum absolute atomic E-state index is 12.2. The van der Waals surface area contributed by atoms with Crippen LogP contribution < -0.4 is 0 Å². The summed E-state index contributed by atoms with van der Waals surface area (Å²) in [5.41, 5.74) is 3.15. The molecule has 0 atom stereocenters. The first-order valence-electron chi connectivity index (χ1n) is 5.34. The van der Waals surface area contributed by atoms with Crippen molar-refractivity contribution >= 4 is 5.91 Å². The third kappa shape index (κ3) is 2.20. The number of carbonyl (C=O) groups excluding carboxylic acids is 1. The summed E-state index contributed by atoms with van der Waals surface area (Å²) >= 11 is 0. The molecule has 2 heterocycles. The van der Waals surface area contributed by atoms with Crippen molar-refractivity contribution in [1.82, 2.24) is 25.3 Å². The second-order valence-electron chi connectivity index (χ2n) is 4.08. The van der Waals surface area contributed by atoms with E-state index in [1.54, 1.807) is 24.3 Å². The number of amides is 1. The minimum atomic E-state index is -0.0325. The van der Waals surface area contributed by atoms with Gasteiger partial charge in [0.2, 0.25) is 0 Å². The zero-order valence-electron chi connectivity index (χ0n) is 10.1. The molecule has 6 nitrogen and oxygen atoms in total. The van der Waals surface area contributed by atoms with E-state index in [1.807, 2.05) is 13.8 Å². The van der Waals surface area contributed by atoms with Crippen LogP contribution in [0.3, 0.4) is 0 Å². The molecule has 2 aromatic rings. The average molecular weight is 233 g/mol. The van der Waals surface area contributed by atoms with E-state index < -0.39 is 0 Å². The van der Waals surface area contributed by atoms with E-state index in [2.05, 4.69) is 20.4 Å². The summed E-state index contributed by atoms with van der Waals surface area (Å²) < 4.78 is 0. The number of aromatic amines is 2. The molecule has 90 valence electrons.